The van der Waals surface area contributed by atoms with E-state index in [0.717, 1.165) is 14.3 Å². The Kier molecular flexibility index (Phi) is 10.2. The molecule has 0 spiro atoms. The predicted molar refractivity (Wildman–Crippen MR) is 155 cm³/mol. The lowest BCUT2D eigenvalue weighted by molar-refractivity contribution is -0.140. The van der Waals surface area contributed by atoms with E-state index in [0.29, 0.717) is 27.7 Å². The van der Waals surface area contributed by atoms with E-state index in [1.165, 1.54) is 24.1 Å². The summed E-state index contributed by atoms with van der Waals surface area (Å²) in [5.74, 6) is -0.914. The fraction of sp³-hybridized carbons (Fsp3) is 0.259. The molecule has 0 heterocycles. The number of carbonyl (C=O) groups excluding carboxylic acids is 2. The molecule has 3 rings (SSSR count). The summed E-state index contributed by atoms with van der Waals surface area (Å²) in [5.41, 5.74) is 1.86. The minimum absolute atomic E-state index is 0.0282. The van der Waals surface area contributed by atoms with Gasteiger partial charge in [-0.15, -0.1) is 0 Å². The van der Waals surface area contributed by atoms with Crippen molar-refractivity contribution in [3.63, 3.8) is 0 Å². The van der Waals surface area contributed by atoms with Gasteiger partial charge in [0.15, 0.2) is 0 Å². The van der Waals surface area contributed by atoms with Crippen LogP contribution in [-0.4, -0.2) is 44.8 Å². The lowest BCUT2D eigenvalue weighted by atomic mass is 10.1. The van der Waals surface area contributed by atoms with Gasteiger partial charge in [-0.1, -0.05) is 69.8 Å². The lowest BCUT2D eigenvalue weighted by Crippen LogP contribution is -2.51. The van der Waals surface area contributed by atoms with Crippen molar-refractivity contribution in [2.75, 3.05) is 17.9 Å². The van der Waals surface area contributed by atoms with Crippen LogP contribution in [0.1, 0.15) is 24.5 Å². The van der Waals surface area contributed by atoms with Crippen LogP contribution >= 0.6 is 39.1 Å². The molecule has 7 nitrogen and oxygen atoms in total. The summed E-state index contributed by atoms with van der Waals surface area (Å²) < 4.78 is 29.4. The molecule has 1 N–H and O–H groups in total. The van der Waals surface area contributed by atoms with Gasteiger partial charge in [0.1, 0.15) is 12.6 Å². The summed E-state index contributed by atoms with van der Waals surface area (Å²) in [4.78, 5) is 28.0. The van der Waals surface area contributed by atoms with Crippen LogP contribution in [0.25, 0.3) is 0 Å². The molecule has 11 heteroatoms. The zero-order valence-electron chi connectivity index (χ0n) is 21.1. The van der Waals surface area contributed by atoms with Crippen molar-refractivity contribution in [2.45, 2.75) is 37.8 Å². The highest BCUT2D eigenvalue weighted by molar-refractivity contribution is 9.10. The van der Waals surface area contributed by atoms with Crippen LogP contribution in [0.4, 0.5) is 5.69 Å². The van der Waals surface area contributed by atoms with Crippen LogP contribution in [0.15, 0.2) is 76.1 Å². The fourth-order valence-electron chi connectivity index (χ4n) is 3.89. The molecule has 1 atom stereocenters. The van der Waals surface area contributed by atoms with E-state index in [1.54, 1.807) is 61.5 Å². The quantitative estimate of drug-likeness (QED) is 0.303. The summed E-state index contributed by atoms with van der Waals surface area (Å²) in [6.45, 7) is 3.15. The number of nitrogens with one attached hydrogen (secondary N) is 1. The molecule has 0 aliphatic heterocycles. The van der Waals surface area contributed by atoms with Crippen molar-refractivity contribution in [1.29, 1.82) is 0 Å². The van der Waals surface area contributed by atoms with Crippen molar-refractivity contribution in [3.8, 4) is 0 Å². The van der Waals surface area contributed by atoms with Crippen LogP contribution in [0.3, 0.4) is 0 Å². The number of hydrogen-bond donors (Lipinski definition) is 1. The number of benzene rings is 3. The molecule has 0 aliphatic carbocycles. The van der Waals surface area contributed by atoms with Gasteiger partial charge in [0.2, 0.25) is 11.8 Å². The number of nitrogens with zero attached hydrogens (tertiary/aromatic N) is 2. The number of halogens is 3. The molecule has 2 amide bonds. The third-order valence-electron chi connectivity index (χ3n) is 5.97. The first-order valence-corrected chi connectivity index (χ1v) is 14.8. The number of rotatable bonds is 10. The largest absolute Gasteiger partial charge is 0.357 e. The average molecular weight is 641 g/mol. The molecule has 3 aromatic carbocycles. The Morgan fingerprint density at radius 3 is 2.16 bits per heavy atom. The second kappa shape index (κ2) is 13.0. The van der Waals surface area contributed by atoms with Crippen LogP contribution < -0.4 is 9.62 Å². The molecule has 3 aromatic rings. The topological polar surface area (TPSA) is 86.8 Å². The van der Waals surface area contributed by atoms with E-state index in [4.69, 9.17) is 23.2 Å². The molecule has 1 unspecified atom stereocenters. The molecule has 202 valence electrons. The Morgan fingerprint density at radius 1 is 0.974 bits per heavy atom. The van der Waals surface area contributed by atoms with Gasteiger partial charge in [-0.2, -0.15) is 0 Å². The number of sulfonamides is 1. The number of hydrogen-bond acceptors (Lipinski definition) is 4. The van der Waals surface area contributed by atoms with Gasteiger partial charge >= 0.3 is 0 Å². The summed E-state index contributed by atoms with van der Waals surface area (Å²) in [5, 5.41) is 3.26. The Hall–Kier alpha value is -2.59. The minimum atomic E-state index is -4.12. The third-order valence-corrected chi connectivity index (χ3v) is 9.03. The van der Waals surface area contributed by atoms with Crippen molar-refractivity contribution in [3.05, 3.63) is 92.4 Å². The third kappa shape index (κ3) is 7.08. The Labute approximate surface area is 241 Å². The Bertz CT molecular complexity index is 1400. The highest BCUT2D eigenvalue weighted by atomic mass is 79.9. The maximum atomic E-state index is 13.9. The monoisotopic (exact) mass is 639 g/mol. The van der Waals surface area contributed by atoms with Crippen LogP contribution in [-0.2, 0) is 26.2 Å². The van der Waals surface area contributed by atoms with Gasteiger partial charge in [-0.25, -0.2) is 8.42 Å². The van der Waals surface area contributed by atoms with Crippen molar-refractivity contribution < 1.29 is 18.0 Å². The van der Waals surface area contributed by atoms with Gasteiger partial charge < -0.3 is 10.2 Å². The van der Waals surface area contributed by atoms with Crippen LogP contribution in [0, 0.1) is 6.92 Å². The molecule has 0 saturated heterocycles. The number of likely N-dealkylation sites (N-methyl/N-ethyl adjacent to an activating group) is 1. The first-order chi connectivity index (χ1) is 18.0. The second-order valence-electron chi connectivity index (χ2n) is 8.61. The SMILES string of the molecule is CCC(C(=O)NC)N(Cc1ccc(Cl)c(Cl)c1)C(=O)CN(c1ccc(Br)cc1)S(=O)(=O)c1ccc(C)cc1. The van der Waals surface area contributed by atoms with E-state index in [-0.39, 0.29) is 17.3 Å². The molecule has 0 radical (unpaired) electrons. The summed E-state index contributed by atoms with van der Waals surface area (Å²) in [6.07, 6.45) is 0.315. The van der Waals surface area contributed by atoms with Gasteiger partial charge in [-0.3, -0.25) is 13.9 Å². The smallest absolute Gasteiger partial charge is 0.264 e. The molecule has 0 aromatic heterocycles. The zero-order chi connectivity index (χ0) is 28.0. The van der Waals surface area contributed by atoms with E-state index in [9.17, 15) is 18.0 Å². The number of carbonyl (C=O) groups is 2. The van der Waals surface area contributed by atoms with Gasteiger partial charge in [0.05, 0.1) is 20.6 Å². The zero-order valence-corrected chi connectivity index (χ0v) is 25.0. The summed E-state index contributed by atoms with van der Waals surface area (Å²) >= 11 is 15.6. The molecule has 38 heavy (non-hydrogen) atoms. The molecule has 0 aliphatic rings. The first kappa shape index (κ1) is 30.0. The summed E-state index contributed by atoms with van der Waals surface area (Å²) in [6, 6.07) is 17.1. The van der Waals surface area contributed by atoms with Gasteiger partial charge in [0, 0.05) is 18.1 Å². The van der Waals surface area contributed by atoms with Crippen molar-refractivity contribution in [2.24, 2.45) is 0 Å². The average Bonchev–Trinajstić information content (AvgIpc) is 2.89. The molecule has 0 bridgehead atoms. The molecular formula is C27H28BrCl2N3O4S. The highest BCUT2D eigenvalue weighted by Crippen LogP contribution is 2.27. The second-order valence-corrected chi connectivity index (χ2v) is 12.2. The molecular weight excluding hydrogens is 613 g/mol. The van der Waals surface area contributed by atoms with Gasteiger partial charge in [-0.05, 0) is 67.4 Å². The van der Waals surface area contributed by atoms with Crippen LogP contribution in [0.2, 0.25) is 10.0 Å². The normalized spacial score (nSPS) is 12.1. The van der Waals surface area contributed by atoms with E-state index >= 15 is 0 Å². The lowest BCUT2D eigenvalue weighted by Gasteiger charge is -2.33. The van der Waals surface area contributed by atoms with Crippen molar-refractivity contribution >= 4 is 66.7 Å². The maximum Gasteiger partial charge on any atom is 0.264 e. The standard InChI is InChI=1S/C27H28BrCl2N3O4S/c1-4-25(27(35)31-3)32(16-19-7-14-23(29)24(30)15-19)26(34)17-33(21-10-8-20(28)9-11-21)38(36,37)22-12-5-18(2)6-13-22/h5-15,25H,4,16-17H2,1-3H3,(H,31,35). The van der Waals surface area contributed by atoms with E-state index in [2.05, 4.69) is 21.2 Å². The van der Waals surface area contributed by atoms with E-state index < -0.39 is 28.5 Å². The van der Waals surface area contributed by atoms with Crippen LogP contribution in [0.5, 0.6) is 0 Å². The molecule has 0 fully saturated rings. The minimum Gasteiger partial charge on any atom is -0.357 e. The van der Waals surface area contributed by atoms with Gasteiger partial charge in [0.25, 0.3) is 10.0 Å². The first-order valence-electron chi connectivity index (χ1n) is 11.8. The Balaban J connectivity index is 2.06. The highest BCUT2D eigenvalue weighted by Gasteiger charge is 2.33. The maximum absolute atomic E-state index is 13.9. The number of aryl methyl sites for hydroxylation is 1. The number of anilines is 1. The fourth-order valence-corrected chi connectivity index (χ4v) is 5.89. The van der Waals surface area contributed by atoms with E-state index in [1.807, 2.05) is 6.92 Å². The molecule has 0 saturated carbocycles. The van der Waals surface area contributed by atoms with Crippen molar-refractivity contribution in [1.82, 2.24) is 10.2 Å². The Morgan fingerprint density at radius 2 is 1.61 bits per heavy atom. The predicted octanol–water partition coefficient (Wildman–Crippen LogP) is 5.81. The number of amides is 2. The summed E-state index contributed by atoms with van der Waals surface area (Å²) in [7, 11) is -2.64.